The third-order valence-corrected chi connectivity index (χ3v) is 4.77. The Morgan fingerprint density at radius 1 is 1.19 bits per heavy atom. The van der Waals surface area contributed by atoms with Crippen molar-refractivity contribution in [2.24, 2.45) is 0 Å². The number of carbonyl (C=O) groups excluding carboxylic acids is 1. The Morgan fingerprint density at radius 2 is 2.00 bits per heavy atom. The van der Waals surface area contributed by atoms with Crippen LogP contribution in [-0.2, 0) is 11.3 Å². The van der Waals surface area contributed by atoms with E-state index in [-0.39, 0.29) is 6.04 Å². The number of rotatable bonds is 9. The van der Waals surface area contributed by atoms with Gasteiger partial charge in [0.05, 0.1) is 23.7 Å². The van der Waals surface area contributed by atoms with Crippen molar-refractivity contribution in [1.82, 2.24) is 14.9 Å². The van der Waals surface area contributed by atoms with Crippen LogP contribution < -0.4 is 10.1 Å². The van der Waals surface area contributed by atoms with Gasteiger partial charge in [-0.15, -0.1) is 0 Å². The van der Waals surface area contributed by atoms with Crippen molar-refractivity contribution in [3.63, 3.8) is 0 Å². The number of hydrogen-bond donors (Lipinski definition) is 1. The molecule has 0 aliphatic heterocycles. The van der Waals surface area contributed by atoms with Gasteiger partial charge in [-0.1, -0.05) is 24.3 Å². The number of fused-ring (bicyclic) bond motifs is 1. The molecule has 27 heavy (non-hydrogen) atoms. The molecule has 1 N–H and O–H groups in total. The molecule has 3 aromatic rings. The molecule has 0 aliphatic rings. The quantitative estimate of drug-likeness (QED) is 0.454. The van der Waals surface area contributed by atoms with E-state index in [0.717, 1.165) is 54.0 Å². The predicted octanol–water partition coefficient (Wildman–Crippen LogP) is 4.32. The zero-order valence-electron chi connectivity index (χ0n) is 16.2. The Balaban J connectivity index is 1.63. The Hall–Kier alpha value is -2.82. The van der Waals surface area contributed by atoms with E-state index in [0.29, 0.717) is 6.61 Å². The molecule has 0 saturated heterocycles. The van der Waals surface area contributed by atoms with E-state index in [1.54, 1.807) is 0 Å². The van der Waals surface area contributed by atoms with Crippen LogP contribution in [0, 0.1) is 13.8 Å². The zero-order chi connectivity index (χ0) is 19.2. The maximum Gasteiger partial charge on any atom is 0.207 e. The highest BCUT2D eigenvalue weighted by Crippen LogP contribution is 2.22. The summed E-state index contributed by atoms with van der Waals surface area (Å²) in [5.41, 5.74) is 4.43. The van der Waals surface area contributed by atoms with E-state index in [1.165, 1.54) is 5.56 Å². The van der Waals surface area contributed by atoms with Crippen molar-refractivity contribution in [2.75, 3.05) is 6.61 Å². The lowest BCUT2D eigenvalue weighted by Crippen LogP contribution is -2.20. The van der Waals surface area contributed by atoms with Crippen LogP contribution in [0.3, 0.4) is 0 Å². The van der Waals surface area contributed by atoms with Gasteiger partial charge < -0.3 is 14.6 Å². The van der Waals surface area contributed by atoms with E-state index < -0.39 is 0 Å². The molecule has 0 spiro atoms. The van der Waals surface area contributed by atoms with Gasteiger partial charge in [0.25, 0.3) is 0 Å². The Bertz CT molecular complexity index is 917. The number of aryl methyl sites for hydroxylation is 3. The molecular formula is C22H27N3O2. The molecule has 0 bridgehead atoms. The molecule has 2 aromatic carbocycles. The summed E-state index contributed by atoms with van der Waals surface area (Å²) in [4.78, 5) is 15.5. The van der Waals surface area contributed by atoms with Crippen LogP contribution in [0.4, 0.5) is 0 Å². The van der Waals surface area contributed by atoms with E-state index in [2.05, 4.69) is 48.0 Å². The smallest absolute Gasteiger partial charge is 0.207 e. The molecule has 0 aliphatic carbocycles. The maximum absolute atomic E-state index is 10.8. The second-order valence-corrected chi connectivity index (χ2v) is 6.94. The molecule has 5 nitrogen and oxygen atoms in total. The van der Waals surface area contributed by atoms with Gasteiger partial charge in [-0.2, -0.15) is 0 Å². The molecular weight excluding hydrogens is 338 g/mol. The Morgan fingerprint density at radius 3 is 2.81 bits per heavy atom. The number of para-hydroxylation sites is 2. The first kappa shape index (κ1) is 19.0. The SMILES string of the molecule is Cc1ccc(C)c(OCCCCn2c(C(C)NC=O)nc3ccccc32)c1. The van der Waals surface area contributed by atoms with E-state index in [9.17, 15) is 4.79 Å². The third-order valence-electron chi connectivity index (χ3n) is 4.77. The predicted molar refractivity (Wildman–Crippen MR) is 108 cm³/mol. The third kappa shape index (κ3) is 4.48. The van der Waals surface area contributed by atoms with Crippen molar-refractivity contribution in [2.45, 2.75) is 46.2 Å². The molecule has 1 amide bonds. The van der Waals surface area contributed by atoms with Gasteiger partial charge in [-0.3, -0.25) is 4.79 Å². The number of aromatic nitrogens is 2. The van der Waals surface area contributed by atoms with Crippen LogP contribution in [0.5, 0.6) is 5.75 Å². The minimum atomic E-state index is -0.124. The Kier molecular flexibility index (Phi) is 6.12. The number of nitrogens with one attached hydrogen (secondary N) is 1. The normalized spacial score (nSPS) is 12.1. The maximum atomic E-state index is 10.8. The largest absolute Gasteiger partial charge is 0.493 e. The number of ether oxygens (including phenoxy) is 1. The molecule has 3 rings (SSSR count). The summed E-state index contributed by atoms with van der Waals surface area (Å²) in [6.07, 6.45) is 2.66. The van der Waals surface area contributed by atoms with Crippen LogP contribution in [0.2, 0.25) is 0 Å². The van der Waals surface area contributed by atoms with Crippen LogP contribution in [0.1, 0.15) is 42.8 Å². The molecule has 0 radical (unpaired) electrons. The second kappa shape index (κ2) is 8.71. The summed E-state index contributed by atoms with van der Waals surface area (Å²) in [6.45, 7) is 7.63. The van der Waals surface area contributed by atoms with E-state index >= 15 is 0 Å². The molecule has 1 atom stereocenters. The lowest BCUT2D eigenvalue weighted by atomic mass is 10.1. The summed E-state index contributed by atoms with van der Waals surface area (Å²) in [6, 6.07) is 14.2. The molecule has 142 valence electrons. The zero-order valence-corrected chi connectivity index (χ0v) is 16.2. The first-order chi connectivity index (χ1) is 13.1. The van der Waals surface area contributed by atoms with Gasteiger partial charge in [-0.05, 0) is 62.9 Å². The minimum absolute atomic E-state index is 0.124. The molecule has 0 fully saturated rings. The monoisotopic (exact) mass is 365 g/mol. The summed E-state index contributed by atoms with van der Waals surface area (Å²) < 4.78 is 8.16. The molecule has 5 heteroatoms. The van der Waals surface area contributed by atoms with E-state index in [4.69, 9.17) is 9.72 Å². The van der Waals surface area contributed by atoms with Gasteiger partial charge in [0.1, 0.15) is 11.6 Å². The lowest BCUT2D eigenvalue weighted by molar-refractivity contribution is -0.110. The summed E-state index contributed by atoms with van der Waals surface area (Å²) in [5, 5.41) is 2.81. The number of amides is 1. The fraction of sp³-hybridized carbons (Fsp3) is 0.364. The van der Waals surface area contributed by atoms with Gasteiger partial charge >= 0.3 is 0 Å². The number of carbonyl (C=O) groups is 1. The first-order valence-electron chi connectivity index (χ1n) is 9.45. The van der Waals surface area contributed by atoms with Crippen LogP contribution in [0.15, 0.2) is 42.5 Å². The number of hydrogen-bond acceptors (Lipinski definition) is 3. The topological polar surface area (TPSA) is 56.1 Å². The van der Waals surface area contributed by atoms with Crippen molar-refractivity contribution in [1.29, 1.82) is 0 Å². The van der Waals surface area contributed by atoms with Crippen molar-refractivity contribution in [3.8, 4) is 5.75 Å². The fourth-order valence-corrected chi connectivity index (χ4v) is 3.25. The van der Waals surface area contributed by atoms with Crippen molar-refractivity contribution < 1.29 is 9.53 Å². The number of unbranched alkanes of at least 4 members (excludes halogenated alkanes) is 1. The average molecular weight is 365 g/mol. The lowest BCUT2D eigenvalue weighted by Gasteiger charge is -2.14. The van der Waals surface area contributed by atoms with Crippen LogP contribution in [0.25, 0.3) is 11.0 Å². The number of imidazole rings is 1. The van der Waals surface area contributed by atoms with Crippen LogP contribution in [-0.4, -0.2) is 22.6 Å². The van der Waals surface area contributed by atoms with Gasteiger partial charge in [0, 0.05) is 6.54 Å². The van der Waals surface area contributed by atoms with Gasteiger partial charge in [0.15, 0.2) is 0 Å². The fourth-order valence-electron chi connectivity index (χ4n) is 3.25. The highest BCUT2D eigenvalue weighted by atomic mass is 16.5. The highest BCUT2D eigenvalue weighted by molar-refractivity contribution is 5.76. The van der Waals surface area contributed by atoms with Gasteiger partial charge in [0.2, 0.25) is 6.41 Å². The molecule has 0 saturated carbocycles. The van der Waals surface area contributed by atoms with E-state index in [1.807, 2.05) is 25.1 Å². The summed E-state index contributed by atoms with van der Waals surface area (Å²) >= 11 is 0. The average Bonchev–Trinajstić information content (AvgIpc) is 3.03. The Labute approximate surface area is 160 Å². The number of benzene rings is 2. The molecule has 1 aromatic heterocycles. The first-order valence-corrected chi connectivity index (χ1v) is 9.45. The van der Waals surface area contributed by atoms with Crippen molar-refractivity contribution in [3.05, 3.63) is 59.4 Å². The second-order valence-electron chi connectivity index (χ2n) is 6.94. The molecule has 1 heterocycles. The minimum Gasteiger partial charge on any atom is -0.493 e. The standard InChI is InChI=1S/C22H27N3O2/c1-16-10-11-17(2)21(14-16)27-13-7-6-12-25-20-9-5-4-8-19(20)24-22(25)18(3)23-15-26/h4-5,8-11,14-15,18H,6-7,12-13H2,1-3H3,(H,23,26). The van der Waals surface area contributed by atoms with Crippen molar-refractivity contribution >= 4 is 17.4 Å². The number of nitrogens with zero attached hydrogens (tertiary/aromatic N) is 2. The van der Waals surface area contributed by atoms with Crippen LogP contribution >= 0.6 is 0 Å². The summed E-state index contributed by atoms with van der Waals surface area (Å²) in [7, 11) is 0. The molecule has 1 unspecified atom stereocenters. The van der Waals surface area contributed by atoms with Gasteiger partial charge in [-0.25, -0.2) is 4.98 Å². The highest BCUT2D eigenvalue weighted by Gasteiger charge is 2.15. The summed E-state index contributed by atoms with van der Waals surface area (Å²) in [5.74, 6) is 1.85.